The molecule has 8 heteroatoms. The Balaban J connectivity index is 2.18. The Morgan fingerprint density at radius 2 is 2.05 bits per heavy atom. The number of hydrogen-bond donors (Lipinski definition) is 1. The highest BCUT2D eigenvalue weighted by molar-refractivity contribution is 5.95. The summed E-state index contributed by atoms with van der Waals surface area (Å²) in [7, 11) is 1.52. The van der Waals surface area contributed by atoms with E-state index >= 15 is 0 Å². The Morgan fingerprint density at radius 1 is 1.32 bits per heavy atom. The van der Waals surface area contributed by atoms with Gasteiger partial charge in [-0.15, -0.1) is 0 Å². The molecule has 22 heavy (non-hydrogen) atoms. The lowest BCUT2D eigenvalue weighted by molar-refractivity contribution is -0.137. The van der Waals surface area contributed by atoms with Gasteiger partial charge in [-0.05, 0) is 18.2 Å². The van der Waals surface area contributed by atoms with E-state index in [9.17, 15) is 18.0 Å². The Bertz CT molecular complexity index is 877. The molecule has 2 heterocycles. The van der Waals surface area contributed by atoms with Crippen LogP contribution in [0.15, 0.2) is 34.9 Å². The van der Waals surface area contributed by atoms with Crippen molar-refractivity contribution in [2.75, 3.05) is 0 Å². The van der Waals surface area contributed by atoms with Crippen LogP contribution in [0.2, 0.25) is 0 Å². The van der Waals surface area contributed by atoms with Gasteiger partial charge in [0, 0.05) is 12.4 Å². The van der Waals surface area contributed by atoms with E-state index in [4.69, 9.17) is 9.52 Å². The van der Waals surface area contributed by atoms with Crippen molar-refractivity contribution in [2.24, 2.45) is 7.05 Å². The molecule has 3 aromatic rings. The first-order valence-corrected chi connectivity index (χ1v) is 6.14. The summed E-state index contributed by atoms with van der Waals surface area (Å²) in [5.74, 6) is -1.05. The Labute approximate surface area is 121 Å². The zero-order valence-corrected chi connectivity index (χ0v) is 11.2. The average Bonchev–Trinajstić information content (AvgIpc) is 2.99. The minimum atomic E-state index is -4.47. The van der Waals surface area contributed by atoms with Crippen LogP contribution in [-0.4, -0.2) is 20.9 Å². The molecule has 2 aromatic heterocycles. The van der Waals surface area contributed by atoms with Gasteiger partial charge in [0.1, 0.15) is 16.8 Å². The number of alkyl halides is 3. The maximum absolute atomic E-state index is 12.7. The molecule has 0 radical (unpaired) electrons. The normalized spacial score (nSPS) is 12.0. The second kappa shape index (κ2) is 4.62. The van der Waals surface area contributed by atoms with Crippen LogP contribution < -0.4 is 0 Å². The molecular formula is C14H9F3N2O3. The molecule has 0 spiro atoms. The summed E-state index contributed by atoms with van der Waals surface area (Å²) < 4.78 is 44.8. The van der Waals surface area contributed by atoms with E-state index in [2.05, 4.69) is 5.10 Å². The molecule has 1 aromatic carbocycles. The molecule has 3 rings (SSSR count). The smallest absolute Gasteiger partial charge is 0.416 e. The first kappa shape index (κ1) is 14.2. The summed E-state index contributed by atoms with van der Waals surface area (Å²) in [5, 5.41) is 13.4. The summed E-state index contributed by atoms with van der Waals surface area (Å²) >= 11 is 0. The van der Waals surface area contributed by atoms with Crippen molar-refractivity contribution in [3.05, 3.63) is 41.6 Å². The van der Waals surface area contributed by atoms with Crippen molar-refractivity contribution >= 4 is 16.9 Å². The molecule has 0 aliphatic heterocycles. The number of aromatic carboxylic acids is 1. The van der Waals surface area contributed by atoms with Crippen LogP contribution in [0, 0.1) is 0 Å². The number of aryl methyl sites for hydroxylation is 1. The third-order valence-electron chi connectivity index (χ3n) is 3.25. The minimum Gasteiger partial charge on any atom is -0.478 e. The van der Waals surface area contributed by atoms with E-state index < -0.39 is 17.7 Å². The maximum Gasteiger partial charge on any atom is 0.416 e. The third kappa shape index (κ3) is 2.22. The zero-order valence-electron chi connectivity index (χ0n) is 11.2. The van der Waals surface area contributed by atoms with Crippen molar-refractivity contribution in [1.82, 2.24) is 9.78 Å². The molecule has 0 aliphatic carbocycles. The topological polar surface area (TPSA) is 68.3 Å². The Hall–Kier alpha value is -2.77. The van der Waals surface area contributed by atoms with Crippen molar-refractivity contribution in [3.8, 4) is 11.5 Å². The number of carboxylic acid groups (broad SMARTS) is 1. The van der Waals surface area contributed by atoms with Gasteiger partial charge in [0.15, 0.2) is 5.76 Å². The number of furan rings is 1. The largest absolute Gasteiger partial charge is 0.478 e. The molecule has 0 amide bonds. The monoisotopic (exact) mass is 310 g/mol. The van der Waals surface area contributed by atoms with Gasteiger partial charge in [-0.3, -0.25) is 4.68 Å². The van der Waals surface area contributed by atoms with E-state index in [1.54, 1.807) is 0 Å². The fourth-order valence-electron chi connectivity index (χ4n) is 2.21. The first-order valence-electron chi connectivity index (χ1n) is 6.14. The standard InChI is InChI=1S/C14H9F3N2O3/c1-19-12(9(6-18-19)13(20)21)11-4-7-2-3-8(14(15,16)17)5-10(7)22-11/h2-6H,1H3,(H,20,21). The van der Waals surface area contributed by atoms with Crippen molar-refractivity contribution in [1.29, 1.82) is 0 Å². The van der Waals surface area contributed by atoms with Gasteiger partial charge in [-0.25, -0.2) is 4.79 Å². The highest BCUT2D eigenvalue weighted by Gasteiger charge is 2.31. The van der Waals surface area contributed by atoms with Crippen molar-refractivity contribution in [2.45, 2.75) is 6.18 Å². The number of aromatic nitrogens is 2. The van der Waals surface area contributed by atoms with Crippen LogP contribution in [0.1, 0.15) is 15.9 Å². The van der Waals surface area contributed by atoms with Gasteiger partial charge < -0.3 is 9.52 Å². The molecule has 0 unspecified atom stereocenters. The molecule has 5 nitrogen and oxygen atoms in total. The maximum atomic E-state index is 12.7. The third-order valence-corrected chi connectivity index (χ3v) is 3.25. The number of fused-ring (bicyclic) bond motifs is 1. The highest BCUT2D eigenvalue weighted by Crippen LogP contribution is 2.35. The fraction of sp³-hybridized carbons (Fsp3) is 0.143. The molecule has 0 fully saturated rings. The quantitative estimate of drug-likeness (QED) is 0.786. The van der Waals surface area contributed by atoms with Crippen molar-refractivity contribution in [3.63, 3.8) is 0 Å². The molecule has 0 bridgehead atoms. The van der Waals surface area contributed by atoms with Crippen LogP contribution >= 0.6 is 0 Å². The van der Waals surface area contributed by atoms with Crippen LogP contribution in [-0.2, 0) is 13.2 Å². The molecule has 0 saturated carbocycles. The zero-order chi connectivity index (χ0) is 16.1. The summed E-state index contributed by atoms with van der Waals surface area (Å²) in [4.78, 5) is 11.2. The molecule has 0 saturated heterocycles. The summed E-state index contributed by atoms with van der Waals surface area (Å²) in [6, 6.07) is 4.60. The lowest BCUT2D eigenvalue weighted by atomic mass is 10.1. The van der Waals surface area contributed by atoms with E-state index in [1.807, 2.05) is 0 Å². The predicted molar refractivity (Wildman–Crippen MR) is 70.4 cm³/mol. The number of nitrogens with zero attached hydrogens (tertiary/aromatic N) is 2. The summed E-state index contributed by atoms with van der Waals surface area (Å²) in [5.41, 5.74) is -0.693. The van der Waals surface area contributed by atoms with E-state index in [0.717, 1.165) is 18.3 Å². The van der Waals surface area contributed by atoms with Gasteiger partial charge in [-0.2, -0.15) is 18.3 Å². The van der Waals surface area contributed by atoms with E-state index in [1.165, 1.54) is 23.9 Å². The van der Waals surface area contributed by atoms with Gasteiger partial charge in [0.05, 0.1) is 11.8 Å². The number of carboxylic acids is 1. The summed E-state index contributed by atoms with van der Waals surface area (Å²) in [6.45, 7) is 0. The van der Waals surface area contributed by atoms with Gasteiger partial charge in [0.2, 0.25) is 0 Å². The Morgan fingerprint density at radius 3 is 2.68 bits per heavy atom. The lowest BCUT2D eigenvalue weighted by Gasteiger charge is -2.05. The van der Waals surface area contributed by atoms with Crippen LogP contribution in [0.25, 0.3) is 22.4 Å². The molecular weight excluding hydrogens is 301 g/mol. The number of carbonyl (C=O) groups is 1. The highest BCUT2D eigenvalue weighted by atomic mass is 19.4. The Kier molecular flexibility index (Phi) is 2.98. The van der Waals surface area contributed by atoms with Gasteiger partial charge in [0.25, 0.3) is 0 Å². The first-order chi connectivity index (χ1) is 10.3. The van der Waals surface area contributed by atoms with Crippen LogP contribution in [0.4, 0.5) is 13.2 Å². The SMILES string of the molecule is Cn1ncc(C(=O)O)c1-c1cc2ccc(C(F)(F)F)cc2o1. The lowest BCUT2D eigenvalue weighted by Crippen LogP contribution is -2.03. The number of halogens is 3. The van der Waals surface area contributed by atoms with E-state index in [0.29, 0.717) is 5.39 Å². The predicted octanol–water partition coefficient (Wildman–Crippen LogP) is 3.55. The average molecular weight is 310 g/mol. The second-order valence-corrected chi connectivity index (χ2v) is 4.70. The second-order valence-electron chi connectivity index (χ2n) is 4.70. The fourth-order valence-corrected chi connectivity index (χ4v) is 2.21. The molecule has 0 aliphatic rings. The van der Waals surface area contributed by atoms with E-state index in [-0.39, 0.29) is 22.6 Å². The minimum absolute atomic E-state index is 0.0300. The van der Waals surface area contributed by atoms with Gasteiger partial charge >= 0.3 is 12.1 Å². The molecule has 1 N–H and O–H groups in total. The number of rotatable bonds is 2. The molecule has 0 atom stereocenters. The van der Waals surface area contributed by atoms with Crippen molar-refractivity contribution < 1.29 is 27.5 Å². The van der Waals surface area contributed by atoms with Gasteiger partial charge in [-0.1, -0.05) is 6.07 Å². The summed E-state index contributed by atoms with van der Waals surface area (Å²) in [6.07, 6.45) is -3.31. The molecule has 114 valence electrons. The number of hydrogen-bond acceptors (Lipinski definition) is 3. The number of benzene rings is 1. The van der Waals surface area contributed by atoms with Crippen LogP contribution in [0.3, 0.4) is 0 Å². The van der Waals surface area contributed by atoms with Crippen LogP contribution in [0.5, 0.6) is 0 Å².